The highest BCUT2D eigenvalue weighted by Gasteiger charge is 2.49. The molecule has 13 rings (SSSR count). The Morgan fingerprint density at radius 2 is 0.742 bits per heavy atom. The van der Waals surface area contributed by atoms with Crippen molar-refractivity contribution in [3.05, 3.63) is 285 Å². The van der Waals surface area contributed by atoms with Gasteiger partial charge in [0.05, 0.1) is 19.8 Å². The minimum absolute atomic E-state index is 0.0226. The summed E-state index contributed by atoms with van der Waals surface area (Å²) in [5, 5.41) is 64.5. The van der Waals surface area contributed by atoms with Crippen LogP contribution in [0.15, 0.2) is 176 Å². The predicted octanol–water partition coefficient (Wildman–Crippen LogP) is 23.9. The second-order valence-electron chi connectivity index (χ2n) is 32.5. The van der Waals surface area contributed by atoms with Crippen LogP contribution in [0.1, 0.15) is 287 Å². The van der Waals surface area contributed by atoms with E-state index in [1.54, 1.807) is 37.3 Å². The van der Waals surface area contributed by atoms with Crippen LogP contribution in [-0.2, 0) is 86.7 Å². The largest absolute Gasteiger partial charge is 0.508 e. The smallest absolute Gasteiger partial charge is 0.345 e. The van der Waals surface area contributed by atoms with E-state index in [0.29, 0.717) is 130 Å². The van der Waals surface area contributed by atoms with Gasteiger partial charge in [0.2, 0.25) is 17.4 Å². The topological polar surface area (TPSA) is 308 Å². The third-order valence-corrected chi connectivity index (χ3v) is 23.5. The van der Waals surface area contributed by atoms with Crippen molar-refractivity contribution in [1.29, 1.82) is 0 Å². The number of fused-ring (bicyclic) bond motifs is 3. The third-order valence-electron chi connectivity index (χ3n) is 22.6. The molecule has 0 fully saturated rings. The van der Waals surface area contributed by atoms with E-state index in [1.807, 2.05) is 175 Å². The maximum atomic E-state index is 14.1. The Morgan fingerprint density at radius 3 is 1.15 bits per heavy atom. The molecule has 0 aliphatic carbocycles. The van der Waals surface area contributed by atoms with Gasteiger partial charge in [-0.05, 0) is 189 Å². The minimum atomic E-state index is -1.80. The molecule has 3 unspecified atom stereocenters. The Morgan fingerprint density at radius 1 is 0.383 bits per heavy atom. The second kappa shape index (κ2) is 46.9. The number of halogens is 1. The standard InChI is InChI=1S/C40H44O8.C27H30O4.C25H32O7.C13H15IO3/c1-5-7-11-20-31-35(38(41)46-26-29-18-14-10-15-19-29)33(45-25-28-16-12-9-13-17-28)22-27(3)37(31)47-34-24-30(44-4)23-32-36(34)39(42)48-40(32,43)21-8-6-2;1-3-4-7-16-23-25(27(29)31-19-22-14-10-6-11-15-22)24(17-20(2)26(23)28)30-18-21-12-8-5-9-13-21;1-5-7-9-10-17-15(3)19(26)14-20(27)23(17)31-21-13-16(30-4)12-18-22(21)24(28)32-25(18,29)11-8-6-2;1-3-4-5-13(16)9-6-8(2)7-10(14)11(9)12(15)17-13/h9-10,12-19,22-24,43H,5-8,11,20-21,25-26H2,1-4H3;5-6,8-15,17,28H,3-4,7,16,18-19H2,1-2H3;12-14,26-27,29H,5-11H2,1-4H3;6-7,16H,3-5H2,1-2H3. The van der Waals surface area contributed by atoms with Gasteiger partial charge in [-0.15, -0.1) is 0 Å². The highest BCUT2D eigenvalue weighted by molar-refractivity contribution is 14.1. The van der Waals surface area contributed by atoms with E-state index in [9.17, 15) is 54.6 Å². The van der Waals surface area contributed by atoms with Gasteiger partial charge in [-0.25, -0.2) is 24.0 Å². The number of unbranched alkanes of at least 4 members (excludes halogenated alkanes) is 9. The van der Waals surface area contributed by atoms with Gasteiger partial charge in [-0.3, -0.25) is 0 Å². The third kappa shape index (κ3) is 24.8. The molecule has 3 atom stereocenters. The maximum absolute atomic E-state index is 14.1. The van der Waals surface area contributed by atoms with Crippen molar-refractivity contribution in [3.63, 3.8) is 0 Å². The number of aryl methyl sites for hydroxylation is 3. The fourth-order valence-corrected chi connectivity index (χ4v) is 16.6. The molecule has 6 N–H and O–H groups in total. The zero-order valence-corrected chi connectivity index (χ0v) is 77.7. The number of ether oxygens (including phenoxy) is 11. The van der Waals surface area contributed by atoms with E-state index in [1.165, 1.54) is 26.4 Å². The van der Waals surface area contributed by atoms with E-state index in [0.717, 1.165) is 115 Å². The Balaban J connectivity index is 0.000000188. The first-order chi connectivity index (χ1) is 61.6. The Kier molecular flexibility index (Phi) is 36.1. The number of methoxy groups -OCH3 is 2. The molecule has 0 bridgehead atoms. The van der Waals surface area contributed by atoms with Crippen molar-refractivity contribution in [1.82, 2.24) is 0 Å². The number of phenols is 3. The summed E-state index contributed by atoms with van der Waals surface area (Å²) < 4.78 is 64.5. The van der Waals surface area contributed by atoms with Crippen LogP contribution in [0, 0.1) is 31.3 Å². The molecule has 0 amide bonds. The van der Waals surface area contributed by atoms with E-state index in [-0.39, 0.29) is 89.4 Å². The van der Waals surface area contributed by atoms with Gasteiger partial charge in [0.25, 0.3) is 0 Å². The number of aliphatic hydroxyl groups is 3. The number of carbonyl (C=O) groups is 5. The normalized spacial score (nSPS) is 15.5. The molecule has 128 heavy (non-hydrogen) atoms. The van der Waals surface area contributed by atoms with Crippen LogP contribution >= 0.6 is 22.6 Å². The summed E-state index contributed by atoms with van der Waals surface area (Å²) in [7, 11) is 2.99. The average molecular weight is 1860 g/mol. The van der Waals surface area contributed by atoms with E-state index in [2.05, 4.69) is 43.4 Å². The van der Waals surface area contributed by atoms with E-state index < -0.39 is 47.2 Å². The van der Waals surface area contributed by atoms with Crippen molar-refractivity contribution in [3.8, 4) is 63.2 Å². The van der Waals surface area contributed by atoms with Gasteiger partial charge in [0, 0.05) is 74.4 Å². The molecular formula is C105H121IO22. The molecule has 0 radical (unpaired) electrons. The van der Waals surface area contributed by atoms with Crippen LogP contribution in [0.5, 0.6) is 63.2 Å². The lowest BCUT2D eigenvalue weighted by molar-refractivity contribution is -0.169. The zero-order valence-electron chi connectivity index (χ0n) is 75.5. The summed E-state index contributed by atoms with van der Waals surface area (Å²) in [6.45, 7) is 20.6. The fourth-order valence-electron chi connectivity index (χ4n) is 15.6. The number of aromatic hydroxyl groups is 3. The lowest BCUT2D eigenvalue weighted by atomic mass is 9.95. The highest BCUT2D eigenvalue weighted by Crippen LogP contribution is 2.51. The molecule has 3 heterocycles. The summed E-state index contributed by atoms with van der Waals surface area (Å²) in [6, 6.07) is 53.4. The number of rotatable bonds is 39. The Labute approximate surface area is 764 Å². The molecule has 0 aromatic heterocycles. The summed E-state index contributed by atoms with van der Waals surface area (Å²) in [4.78, 5) is 65.1. The molecule has 10 aromatic carbocycles. The quantitative estimate of drug-likeness (QED) is 0.00902. The van der Waals surface area contributed by atoms with Gasteiger partial charge in [0.15, 0.2) is 11.5 Å². The van der Waals surface area contributed by atoms with Gasteiger partial charge in [-0.2, -0.15) is 0 Å². The van der Waals surface area contributed by atoms with Crippen molar-refractivity contribution in [2.45, 2.75) is 248 Å². The molecular weight excluding hydrogens is 1740 g/mol. The first kappa shape index (κ1) is 98.5. The first-order valence-corrected chi connectivity index (χ1v) is 45.5. The Hall–Kier alpha value is -11.6. The van der Waals surface area contributed by atoms with Gasteiger partial charge in [0.1, 0.15) is 100 Å². The predicted molar refractivity (Wildman–Crippen MR) is 497 cm³/mol. The lowest BCUT2D eigenvalue weighted by Crippen LogP contribution is -2.25. The molecule has 0 saturated heterocycles. The zero-order chi connectivity index (χ0) is 92.2. The van der Waals surface area contributed by atoms with Crippen LogP contribution in [0.2, 0.25) is 0 Å². The van der Waals surface area contributed by atoms with Gasteiger partial charge < -0.3 is 82.7 Å². The fraction of sp³-hybridized carbons (Fsp3) is 0.381. The monoisotopic (exact) mass is 1860 g/mol. The molecule has 3 aliphatic rings. The second-order valence-corrected chi connectivity index (χ2v) is 33.6. The molecule has 680 valence electrons. The summed E-state index contributed by atoms with van der Waals surface area (Å²) >= 11 is 2.11. The number of esters is 5. The SMILES string of the molecule is CCCCC1(O)OC(=O)c2c(I)cc(C)cc21.CCCCCc1c(C)c(O)cc(O)c1Oc1cc(OC)cc2c1C(=O)OC2(O)CCCC.CCCCCc1c(O)c(C)cc(OCc2ccccc2)c1C(=O)OCc1ccccc1.CCCCCc1c(Oc2cc(OC)cc3c2C(=O)OC3(O)CCCC)c(C)cc(OCc2ccccc2)c1C(=O)OCc1ccccc1. The van der Waals surface area contributed by atoms with Crippen molar-refractivity contribution >= 4 is 52.4 Å². The molecule has 3 aliphatic heterocycles. The number of hydrogen-bond acceptors (Lipinski definition) is 22. The highest BCUT2D eigenvalue weighted by atomic mass is 127. The molecule has 0 spiro atoms. The van der Waals surface area contributed by atoms with Gasteiger partial charge >= 0.3 is 29.8 Å². The molecule has 22 nitrogen and oxygen atoms in total. The molecule has 10 aromatic rings. The Bertz CT molecular complexity index is 5450. The van der Waals surface area contributed by atoms with Crippen LogP contribution in [0.3, 0.4) is 0 Å². The number of carbonyl (C=O) groups excluding carboxylic acids is 5. The van der Waals surface area contributed by atoms with Gasteiger partial charge in [-0.1, -0.05) is 221 Å². The molecule has 0 saturated carbocycles. The summed E-state index contributed by atoms with van der Waals surface area (Å²) in [6.07, 6.45) is 15.9. The first-order valence-electron chi connectivity index (χ1n) is 44.4. The lowest BCUT2D eigenvalue weighted by Gasteiger charge is -2.23. The average Bonchev–Trinajstić information content (AvgIpc) is 1.61. The van der Waals surface area contributed by atoms with Crippen LogP contribution in [0.4, 0.5) is 0 Å². The van der Waals surface area contributed by atoms with Crippen LogP contribution < -0.4 is 28.4 Å². The van der Waals surface area contributed by atoms with Crippen molar-refractivity contribution < 1.29 is 107 Å². The van der Waals surface area contributed by atoms with E-state index in [4.69, 9.17) is 52.1 Å². The summed E-state index contributed by atoms with van der Waals surface area (Å²) in [5.74, 6) is -5.41. The van der Waals surface area contributed by atoms with Crippen LogP contribution in [-0.4, -0.2) is 74.7 Å². The van der Waals surface area contributed by atoms with Crippen molar-refractivity contribution in [2.75, 3.05) is 14.2 Å². The number of hydrogen-bond donors (Lipinski definition) is 6. The van der Waals surface area contributed by atoms with Crippen molar-refractivity contribution in [2.24, 2.45) is 0 Å². The molecule has 23 heteroatoms. The summed E-state index contributed by atoms with van der Waals surface area (Å²) in [5.41, 5.74) is 11.2. The minimum Gasteiger partial charge on any atom is -0.508 e. The maximum Gasteiger partial charge on any atom is 0.345 e. The van der Waals surface area contributed by atoms with E-state index >= 15 is 0 Å². The van der Waals surface area contributed by atoms with Crippen LogP contribution in [0.25, 0.3) is 0 Å². The number of benzene rings is 10. The number of cyclic esters (lactones) is 3. The number of phenolic OH excluding ortho intramolecular Hbond substituents is 3.